The van der Waals surface area contributed by atoms with Crippen molar-refractivity contribution in [1.29, 1.82) is 0 Å². The summed E-state index contributed by atoms with van der Waals surface area (Å²) in [6, 6.07) is 0. The molecule has 0 aliphatic carbocycles. The van der Waals surface area contributed by atoms with Crippen molar-refractivity contribution in [2.45, 2.75) is 348 Å². The van der Waals surface area contributed by atoms with E-state index in [9.17, 15) is 14.4 Å². The Morgan fingerprint density at radius 1 is 0.282 bits per heavy atom. The molecule has 0 aliphatic rings. The highest BCUT2D eigenvalue weighted by Crippen LogP contribution is 2.17. The number of rotatable bonds is 58. The molecule has 0 heterocycles. The van der Waals surface area contributed by atoms with Gasteiger partial charge in [0.15, 0.2) is 6.10 Å². The maximum atomic E-state index is 12.9. The van der Waals surface area contributed by atoms with Crippen LogP contribution in [0.15, 0.2) is 36.5 Å². The Bertz CT molecular complexity index is 1190. The standard InChI is InChI=1S/C65H120O6/c1-4-7-10-13-16-19-22-25-28-31-33-35-37-40-43-46-49-52-55-58-64(67)70-61-62(60-69-63(66)57-54-51-48-45-42-39-36-30-27-24-21-18-15-12-9-6-3)71-65(68)59-56-53-50-47-44-41-38-34-32-29-26-23-20-17-14-11-8-5-2/h16,19,25,28,33,35,62H,4-15,17-18,20-24,26-27,29-32,34,36-61H2,1-3H3/b19-16-,28-25-,35-33-. The van der Waals surface area contributed by atoms with E-state index in [1.54, 1.807) is 0 Å². The van der Waals surface area contributed by atoms with Crippen LogP contribution in [0.5, 0.6) is 0 Å². The van der Waals surface area contributed by atoms with Crippen LogP contribution in [-0.2, 0) is 28.6 Å². The molecule has 0 saturated carbocycles. The molecule has 71 heavy (non-hydrogen) atoms. The topological polar surface area (TPSA) is 78.9 Å². The zero-order valence-corrected chi connectivity index (χ0v) is 47.8. The quantitative estimate of drug-likeness (QED) is 0.0261. The van der Waals surface area contributed by atoms with Crippen molar-refractivity contribution in [3.8, 4) is 0 Å². The van der Waals surface area contributed by atoms with Gasteiger partial charge in [-0.25, -0.2) is 0 Å². The number of allylic oxidation sites excluding steroid dienone is 6. The van der Waals surface area contributed by atoms with Crippen LogP contribution in [0.25, 0.3) is 0 Å². The predicted molar refractivity (Wildman–Crippen MR) is 307 cm³/mol. The summed E-state index contributed by atoms with van der Waals surface area (Å²) in [6.45, 7) is 6.67. The molecule has 6 nitrogen and oxygen atoms in total. The zero-order valence-electron chi connectivity index (χ0n) is 47.8. The second-order valence-corrected chi connectivity index (χ2v) is 21.3. The number of carbonyl (C=O) groups excluding carboxylic acids is 3. The molecule has 1 atom stereocenters. The van der Waals surface area contributed by atoms with Gasteiger partial charge in [0.2, 0.25) is 0 Å². The molecular weight excluding hydrogens is 877 g/mol. The van der Waals surface area contributed by atoms with Crippen LogP contribution < -0.4 is 0 Å². The van der Waals surface area contributed by atoms with Crippen molar-refractivity contribution >= 4 is 17.9 Å². The highest BCUT2D eigenvalue weighted by atomic mass is 16.6. The van der Waals surface area contributed by atoms with E-state index in [1.807, 2.05) is 0 Å². The second-order valence-electron chi connectivity index (χ2n) is 21.3. The van der Waals surface area contributed by atoms with Gasteiger partial charge in [0.1, 0.15) is 13.2 Å². The monoisotopic (exact) mass is 997 g/mol. The number of ether oxygens (including phenoxy) is 3. The first kappa shape index (κ1) is 68.6. The molecule has 0 spiro atoms. The maximum absolute atomic E-state index is 12.9. The minimum atomic E-state index is -0.774. The van der Waals surface area contributed by atoms with E-state index < -0.39 is 6.10 Å². The summed E-state index contributed by atoms with van der Waals surface area (Å²) in [5.41, 5.74) is 0. The van der Waals surface area contributed by atoms with Gasteiger partial charge in [-0.2, -0.15) is 0 Å². The van der Waals surface area contributed by atoms with E-state index >= 15 is 0 Å². The average molecular weight is 998 g/mol. The fourth-order valence-electron chi connectivity index (χ4n) is 9.39. The van der Waals surface area contributed by atoms with Crippen LogP contribution in [0.1, 0.15) is 342 Å². The third-order valence-electron chi connectivity index (χ3n) is 14.1. The summed E-state index contributed by atoms with van der Waals surface area (Å²) >= 11 is 0. The molecule has 0 aliphatic heterocycles. The summed E-state index contributed by atoms with van der Waals surface area (Å²) in [4.78, 5) is 38.3. The summed E-state index contributed by atoms with van der Waals surface area (Å²) in [7, 11) is 0. The van der Waals surface area contributed by atoms with Crippen molar-refractivity contribution < 1.29 is 28.6 Å². The van der Waals surface area contributed by atoms with Crippen LogP contribution in [-0.4, -0.2) is 37.2 Å². The van der Waals surface area contributed by atoms with Gasteiger partial charge in [-0.3, -0.25) is 14.4 Å². The van der Waals surface area contributed by atoms with E-state index in [0.717, 1.165) is 77.0 Å². The molecule has 0 amide bonds. The third kappa shape index (κ3) is 58.4. The summed E-state index contributed by atoms with van der Waals surface area (Å²) in [6.07, 6.45) is 72.8. The Balaban J connectivity index is 4.35. The molecule has 0 radical (unpaired) electrons. The van der Waals surface area contributed by atoms with Crippen LogP contribution in [0, 0.1) is 0 Å². The number of esters is 3. The lowest BCUT2D eigenvalue weighted by Crippen LogP contribution is -2.30. The van der Waals surface area contributed by atoms with Crippen LogP contribution in [0.3, 0.4) is 0 Å². The lowest BCUT2D eigenvalue weighted by Gasteiger charge is -2.18. The molecule has 0 saturated heterocycles. The van der Waals surface area contributed by atoms with E-state index in [4.69, 9.17) is 14.2 Å². The van der Waals surface area contributed by atoms with Gasteiger partial charge in [-0.05, 0) is 57.8 Å². The minimum Gasteiger partial charge on any atom is -0.462 e. The number of hydrogen-bond donors (Lipinski definition) is 0. The van der Waals surface area contributed by atoms with Crippen LogP contribution >= 0.6 is 0 Å². The Morgan fingerprint density at radius 2 is 0.507 bits per heavy atom. The van der Waals surface area contributed by atoms with E-state index in [0.29, 0.717) is 19.3 Å². The summed E-state index contributed by atoms with van der Waals surface area (Å²) in [5, 5.41) is 0. The molecule has 0 N–H and O–H groups in total. The normalized spacial score (nSPS) is 12.2. The minimum absolute atomic E-state index is 0.0709. The second kappa shape index (κ2) is 60.2. The molecule has 0 aromatic carbocycles. The first-order valence-corrected chi connectivity index (χ1v) is 31.5. The Kier molecular flexibility index (Phi) is 58.2. The van der Waals surface area contributed by atoms with Gasteiger partial charge in [-0.1, -0.05) is 301 Å². The predicted octanol–water partition coefficient (Wildman–Crippen LogP) is 21.2. The molecule has 0 bridgehead atoms. The molecule has 0 aromatic heterocycles. The number of unbranched alkanes of at least 4 members (excludes halogenated alkanes) is 41. The summed E-state index contributed by atoms with van der Waals surface area (Å²) < 4.78 is 16.9. The Labute approximate surface area is 442 Å². The molecule has 6 heteroatoms. The van der Waals surface area contributed by atoms with Gasteiger partial charge in [0.05, 0.1) is 0 Å². The molecule has 1 unspecified atom stereocenters. The lowest BCUT2D eigenvalue weighted by atomic mass is 10.0. The Hall–Kier alpha value is -2.37. The molecular formula is C65H120O6. The largest absolute Gasteiger partial charge is 0.462 e. The van der Waals surface area contributed by atoms with Crippen LogP contribution in [0.2, 0.25) is 0 Å². The molecule has 416 valence electrons. The molecule has 0 rings (SSSR count). The van der Waals surface area contributed by atoms with E-state index in [1.165, 1.54) is 225 Å². The van der Waals surface area contributed by atoms with E-state index in [-0.39, 0.29) is 31.1 Å². The van der Waals surface area contributed by atoms with Gasteiger partial charge in [0, 0.05) is 19.3 Å². The highest BCUT2D eigenvalue weighted by Gasteiger charge is 2.19. The SMILES string of the molecule is CCCCC/C=C\C/C=C\C/C=C\CCCCCCCCC(=O)OCC(COC(=O)CCCCCCCCCCCCCCCCCC)OC(=O)CCCCCCCCCCCCCCCCCCCC. The zero-order chi connectivity index (χ0) is 51.4. The first-order chi connectivity index (χ1) is 35.0. The van der Waals surface area contributed by atoms with Crippen molar-refractivity contribution in [3.05, 3.63) is 36.5 Å². The van der Waals surface area contributed by atoms with Gasteiger partial charge >= 0.3 is 17.9 Å². The summed E-state index contributed by atoms with van der Waals surface area (Å²) in [5.74, 6) is -0.859. The lowest BCUT2D eigenvalue weighted by molar-refractivity contribution is -0.167. The number of hydrogen-bond acceptors (Lipinski definition) is 6. The third-order valence-corrected chi connectivity index (χ3v) is 14.1. The smallest absolute Gasteiger partial charge is 0.306 e. The van der Waals surface area contributed by atoms with Crippen molar-refractivity contribution in [1.82, 2.24) is 0 Å². The van der Waals surface area contributed by atoms with Gasteiger partial charge in [0.25, 0.3) is 0 Å². The van der Waals surface area contributed by atoms with Gasteiger partial charge in [-0.15, -0.1) is 0 Å². The first-order valence-electron chi connectivity index (χ1n) is 31.5. The van der Waals surface area contributed by atoms with Crippen LogP contribution in [0.4, 0.5) is 0 Å². The fraction of sp³-hybridized carbons (Fsp3) is 0.862. The van der Waals surface area contributed by atoms with Crippen molar-refractivity contribution in [2.24, 2.45) is 0 Å². The fourth-order valence-corrected chi connectivity index (χ4v) is 9.39. The highest BCUT2D eigenvalue weighted by molar-refractivity contribution is 5.71. The average Bonchev–Trinajstić information content (AvgIpc) is 3.37. The maximum Gasteiger partial charge on any atom is 0.306 e. The Morgan fingerprint density at radius 3 is 0.817 bits per heavy atom. The molecule has 0 fully saturated rings. The van der Waals surface area contributed by atoms with Crippen molar-refractivity contribution in [2.75, 3.05) is 13.2 Å². The number of carbonyl (C=O) groups is 3. The van der Waals surface area contributed by atoms with Crippen molar-refractivity contribution in [3.63, 3.8) is 0 Å². The van der Waals surface area contributed by atoms with E-state index in [2.05, 4.69) is 57.2 Å². The van der Waals surface area contributed by atoms with Gasteiger partial charge < -0.3 is 14.2 Å². The molecule has 0 aromatic rings.